The summed E-state index contributed by atoms with van der Waals surface area (Å²) in [6, 6.07) is 0. The monoisotopic (exact) mass is 383 g/mol. The summed E-state index contributed by atoms with van der Waals surface area (Å²) in [7, 11) is 0. The van der Waals surface area contributed by atoms with E-state index in [1.165, 1.54) is 0 Å². The fraction of sp³-hybridized carbons (Fsp3) is 0.529. The quantitative estimate of drug-likeness (QED) is 0.758. The first-order chi connectivity index (χ1) is 10.3. The highest BCUT2D eigenvalue weighted by molar-refractivity contribution is 9.10. The number of hydrogen-bond donors (Lipinski definition) is 1. The molecule has 0 unspecified atom stereocenters. The number of nitrogens with one attached hydrogen (secondary N) is 1. The summed E-state index contributed by atoms with van der Waals surface area (Å²) in [6.07, 6.45) is -0.554. The molecule has 0 aromatic heterocycles. The molecular weight excluding hydrogens is 362 g/mol. The van der Waals surface area contributed by atoms with E-state index in [2.05, 4.69) is 21.2 Å². The van der Waals surface area contributed by atoms with Crippen molar-refractivity contribution in [3.63, 3.8) is 0 Å². The van der Waals surface area contributed by atoms with E-state index in [0.29, 0.717) is 27.0 Å². The highest BCUT2D eigenvalue weighted by Crippen LogP contribution is 2.47. The first-order valence-electron chi connectivity index (χ1n) is 7.41. The molecule has 0 aliphatic carbocycles. The standard InChI is InChI=1S/C17H22BrNO4/c1-8-10-13(22-17(6,7)14(10)20)11(18)9(2)12(8)19-15(21)23-16(3,4)5/h1-7H3,(H,19,21). The molecule has 0 atom stereocenters. The van der Waals surface area contributed by atoms with Crippen molar-refractivity contribution in [2.45, 2.75) is 59.7 Å². The lowest BCUT2D eigenvalue weighted by Crippen LogP contribution is -2.32. The Morgan fingerprint density at radius 2 is 1.78 bits per heavy atom. The molecule has 0 saturated carbocycles. The van der Waals surface area contributed by atoms with Gasteiger partial charge < -0.3 is 9.47 Å². The van der Waals surface area contributed by atoms with E-state index < -0.39 is 17.3 Å². The molecule has 126 valence electrons. The van der Waals surface area contributed by atoms with Gasteiger partial charge in [0.15, 0.2) is 5.60 Å². The minimum Gasteiger partial charge on any atom is -0.478 e. The molecular formula is C17H22BrNO4. The van der Waals surface area contributed by atoms with Gasteiger partial charge in [-0.1, -0.05) is 0 Å². The van der Waals surface area contributed by atoms with Crippen LogP contribution >= 0.6 is 15.9 Å². The van der Waals surface area contributed by atoms with Crippen LogP contribution in [0.3, 0.4) is 0 Å². The highest BCUT2D eigenvalue weighted by atomic mass is 79.9. The topological polar surface area (TPSA) is 64.6 Å². The van der Waals surface area contributed by atoms with Crippen LogP contribution in [-0.4, -0.2) is 23.1 Å². The molecule has 0 fully saturated rings. The first-order valence-corrected chi connectivity index (χ1v) is 8.21. The van der Waals surface area contributed by atoms with E-state index in [1.54, 1.807) is 41.5 Å². The second-order valence-corrected chi connectivity index (χ2v) is 8.00. The largest absolute Gasteiger partial charge is 0.478 e. The number of carbonyl (C=O) groups excluding carboxylic acids is 2. The third-order valence-corrected chi connectivity index (χ3v) is 4.59. The van der Waals surface area contributed by atoms with Crippen molar-refractivity contribution in [1.82, 2.24) is 0 Å². The molecule has 1 heterocycles. The summed E-state index contributed by atoms with van der Waals surface area (Å²) in [5, 5.41) is 2.75. The zero-order chi connectivity index (χ0) is 17.7. The van der Waals surface area contributed by atoms with E-state index in [4.69, 9.17) is 9.47 Å². The van der Waals surface area contributed by atoms with Crippen LogP contribution < -0.4 is 10.1 Å². The summed E-state index contributed by atoms with van der Waals surface area (Å²) >= 11 is 3.48. The van der Waals surface area contributed by atoms with Crippen molar-refractivity contribution < 1.29 is 19.1 Å². The average Bonchev–Trinajstić information content (AvgIpc) is 2.62. The van der Waals surface area contributed by atoms with E-state index in [9.17, 15) is 9.59 Å². The number of ether oxygens (including phenoxy) is 2. The number of benzene rings is 1. The lowest BCUT2D eigenvalue weighted by atomic mass is 9.94. The molecule has 0 spiro atoms. The maximum absolute atomic E-state index is 12.6. The number of anilines is 1. The lowest BCUT2D eigenvalue weighted by molar-refractivity contribution is 0.0635. The van der Waals surface area contributed by atoms with Crippen LogP contribution in [0.15, 0.2) is 4.47 Å². The Balaban J connectivity index is 2.49. The fourth-order valence-corrected chi connectivity index (χ4v) is 3.01. The average molecular weight is 384 g/mol. The number of Topliss-reactive ketones (excluding diaryl/α,β-unsaturated/α-hetero) is 1. The van der Waals surface area contributed by atoms with Crippen LogP contribution in [0.25, 0.3) is 0 Å². The van der Waals surface area contributed by atoms with Crippen molar-refractivity contribution in [3.8, 4) is 5.75 Å². The number of hydrogen-bond acceptors (Lipinski definition) is 4. The van der Waals surface area contributed by atoms with Gasteiger partial charge in [-0.15, -0.1) is 0 Å². The minimum atomic E-state index is -0.910. The van der Waals surface area contributed by atoms with Crippen molar-refractivity contribution >= 4 is 33.5 Å². The van der Waals surface area contributed by atoms with Crippen LogP contribution in [0.1, 0.15) is 56.1 Å². The van der Waals surface area contributed by atoms with Crippen LogP contribution in [0, 0.1) is 13.8 Å². The van der Waals surface area contributed by atoms with Gasteiger partial charge in [-0.2, -0.15) is 0 Å². The Hall–Kier alpha value is -1.56. The molecule has 1 aliphatic heterocycles. The van der Waals surface area contributed by atoms with E-state index in [-0.39, 0.29) is 5.78 Å². The van der Waals surface area contributed by atoms with Gasteiger partial charge in [0.05, 0.1) is 15.7 Å². The fourth-order valence-electron chi connectivity index (χ4n) is 2.53. The number of amides is 1. The molecule has 1 aliphatic rings. The Morgan fingerprint density at radius 1 is 1.22 bits per heavy atom. The van der Waals surface area contributed by atoms with Gasteiger partial charge in [0.25, 0.3) is 0 Å². The van der Waals surface area contributed by atoms with Crippen LogP contribution in [0.2, 0.25) is 0 Å². The zero-order valence-electron chi connectivity index (χ0n) is 14.5. The molecule has 0 radical (unpaired) electrons. The van der Waals surface area contributed by atoms with Gasteiger partial charge >= 0.3 is 6.09 Å². The lowest BCUT2D eigenvalue weighted by Gasteiger charge is -2.22. The SMILES string of the molecule is Cc1c(Br)c2c(c(C)c1NC(=O)OC(C)(C)C)C(=O)C(C)(C)O2. The Kier molecular flexibility index (Phi) is 4.26. The maximum Gasteiger partial charge on any atom is 0.412 e. The second-order valence-electron chi connectivity index (χ2n) is 7.21. The predicted molar refractivity (Wildman–Crippen MR) is 92.5 cm³/mol. The number of carbonyl (C=O) groups is 2. The van der Waals surface area contributed by atoms with Crippen molar-refractivity contribution in [2.24, 2.45) is 0 Å². The number of ketones is 1. The van der Waals surface area contributed by atoms with Crippen LogP contribution in [-0.2, 0) is 4.74 Å². The first kappa shape index (κ1) is 17.8. The van der Waals surface area contributed by atoms with Gasteiger partial charge in [-0.25, -0.2) is 4.79 Å². The maximum atomic E-state index is 12.6. The van der Waals surface area contributed by atoms with E-state index >= 15 is 0 Å². The molecule has 1 amide bonds. The predicted octanol–water partition coefficient (Wildman–Crippen LogP) is 4.77. The summed E-state index contributed by atoms with van der Waals surface area (Å²) < 4.78 is 11.8. The minimum absolute atomic E-state index is 0.0991. The third kappa shape index (κ3) is 3.22. The molecule has 23 heavy (non-hydrogen) atoms. The van der Waals surface area contributed by atoms with Crippen molar-refractivity contribution in [2.75, 3.05) is 5.32 Å². The Bertz CT molecular complexity index is 702. The summed E-state index contributed by atoms with van der Waals surface area (Å²) in [6.45, 7) is 12.5. The number of rotatable bonds is 1. The van der Waals surface area contributed by atoms with E-state index in [1.807, 2.05) is 6.92 Å². The van der Waals surface area contributed by atoms with Crippen LogP contribution in [0.4, 0.5) is 10.5 Å². The molecule has 1 N–H and O–H groups in total. The van der Waals surface area contributed by atoms with Crippen LogP contribution in [0.5, 0.6) is 5.75 Å². The van der Waals surface area contributed by atoms with Gasteiger partial charge in [0, 0.05) is 0 Å². The summed E-state index contributed by atoms with van der Waals surface area (Å²) in [5.41, 5.74) is 1.03. The van der Waals surface area contributed by atoms with Gasteiger partial charge in [-0.3, -0.25) is 10.1 Å². The molecule has 2 rings (SSSR count). The molecule has 1 aromatic rings. The Morgan fingerprint density at radius 3 is 2.30 bits per heavy atom. The number of halogens is 1. The normalized spacial score (nSPS) is 15.9. The molecule has 0 saturated heterocycles. The van der Waals surface area contributed by atoms with Crippen molar-refractivity contribution in [3.05, 3.63) is 21.2 Å². The second kappa shape index (κ2) is 5.51. The van der Waals surface area contributed by atoms with Gasteiger partial charge in [0.1, 0.15) is 11.4 Å². The molecule has 5 nitrogen and oxygen atoms in total. The third-order valence-electron chi connectivity index (χ3n) is 3.64. The van der Waals surface area contributed by atoms with Gasteiger partial charge in [0.2, 0.25) is 5.78 Å². The summed E-state index contributed by atoms with van der Waals surface area (Å²) in [4.78, 5) is 24.7. The summed E-state index contributed by atoms with van der Waals surface area (Å²) in [5.74, 6) is 0.433. The molecule has 0 bridgehead atoms. The number of fused-ring (bicyclic) bond motifs is 1. The highest BCUT2D eigenvalue weighted by Gasteiger charge is 2.43. The van der Waals surface area contributed by atoms with Gasteiger partial charge in [-0.05, 0) is 75.5 Å². The zero-order valence-corrected chi connectivity index (χ0v) is 16.1. The molecule has 1 aromatic carbocycles. The van der Waals surface area contributed by atoms with E-state index in [0.717, 1.165) is 5.56 Å². The Labute approximate surface area is 144 Å². The molecule has 6 heteroatoms. The van der Waals surface area contributed by atoms with Crippen molar-refractivity contribution in [1.29, 1.82) is 0 Å². The smallest absolute Gasteiger partial charge is 0.412 e.